The molecule has 0 bridgehead atoms. The van der Waals surface area contributed by atoms with E-state index >= 15 is 0 Å². The lowest BCUT2D eigenvalue weighted by atomic mass is 10.3. The number of hydrogen-bond donors (Lipinski definition) is 0. The fraction of sp³-hybridized carbons (Fsp3) is 0.417. The molecule has 0 saturated heterocycles. The fourth-order valence-corrected chi connectivity index (χ4v) is 1.33. The van der Waals surface area contributed by atoms with E-state index in [9.17, 15) is 9.18 Å². The Kier molecular flexibility index (Phi) is 4.76. The Morgan fingerprint density at radius 1 is 1.50 bits per heavy atom. The minimum absolute atomic E-state index is 0.231. The molecule has 4 heteroatoms. The third-order valence-electron chi connectivity index (χ3n) is 2.21. The van der Waals surface area contributed by atoms with Crippen molar-refractivity contribution in [3.63, 3.8) is 0 Å². The first-order valence-electron chi connectivity index (χ1n) is 5.25. The van der Waals surface area contributed by atoms with Gasteiger partial charge >= 0.3 is 5.97 Å². The van der Waals surface area contributed by atoms with Gasteiger partial charge in [0.15, 0.2) is 0 Å². The van der Waals surface area contributed by atoms with Gasteiger partial charge in [0.2, 0.25) is 0 Å². The molecule has 0 N–H and O–H groups in total. The SMILES string of the molecule is CCOC(=O)CCN(C)c1cccc(F)c1. The van der Waals surface area contributed by atoms with Crippen LogP contribution in [0.4, 0.5) is 10.1 Å². The second kappa shape index (κ2) is 6.10. The van der Waals surface area contributed by atoms with Crippen LogP contribution in [0.2, 0.25) is 0 Å². The molecule has 3 nitrogen and oxygen atoms in total. The molecule has 0 unspecified atom stereocenters. The molecule has 0 fully saturated rings. The van der Waals surface area contributed by atoms with Crippen LogP contribution in [0.5, 0.6) is 0 Å². The lowest BCUT2D eigenvalue weighted by Crippen LogP contribution is -2.22. The molecule has 0 saturated carbocycles. The van der Waals surface area contributed by atoms with Crippen LogP contribution in [0.1, 0.15) is 13.3 Å². The van der Waals surface area contributed by atoms with E-state index in [1.165, 1.54) is 12.1 Å². The highest BCUT2D eigenvalue weighted by Gasteiger charge is 2.06. The third kappa shape index (κ3) is 3.88. The molecule has 0 atom stereocenters. The largest absolute Gasteiger partial charge is 0.466 e. The summed E-state index contributed by atoms with van der Waals surface area (Å²) in [5.41, 5.74) is 0.754. The van der Waals surface area contributed by atoms with Crippen molar-refractivity contribution in [1.29, 1.82) is 0 Å². The van der Waals surface area contributed by atoms with Crippen molar-refractivity contribution < 1.29 is 13.9 Å². The van der Waals surface area contributed by atoms with Crippen LogP contribution in [-0.4, -0.2) is 26.2 Å². The van der Waals surface area contributed by atoms with Crippen molar-refractivity contribution in [3.05, 3.63) is 30.1 Å². The monoisotopic (exact) mass is 225 g/mol. The number of carbonyl (C=O) groups excluding carboxylic acids is 1. The Morgan fingerprint density at radius 2 is 2.25 bits per heavy atom. The van der Waals surface area contributed by atoms with Gasteiger partial charge in [-0.15, -0.1) is 0 Å². The predicted molar refractivity (Wildman–Crippen MR) is 60.9 cm³/mol. The number of esters is 1. The maximum Gasteiger partial charge on any atom is 0.307 e. The van der Waals surface area contributed by atoms with Crippen molar-refractivity contribution in [3.8, 4) is 0 Å². The highest BCUT2D eigenvalue weighted by atomic mass is 19.1. The van der Waals surface area contributed by atoms with Gasteiger partial charge in [-0.25, -0.2) is 4.39 Å². The maximum atomic E-state index is 12.9. The van der Waals surface area contributed by atoms with E-state index in [-0.39, 0.29) is 11.8 Å². The predicted octanol–water partition coefficient (Wildman–Crippen LogP) is 2.22. The van der Waals surface area contributed by atoms with Gasteiger partial charge in [0, 0.05) is 19.3 Å². The summed E-state index contributed by atoms with van der Waals surface area (Å²) in [6.07, 6.45) is 0.306. The lowest BCUT2D eigenvalue weighted by molar-refractivity contribution is -0.142. The van der Waals surface area contributed by atoms with E-state index in [0.717, 1.165) is 5.69 Å². The zero-order valence-electron chi connectivity index (χ0n) is 9.57. The van der Waals surface area contributed by atoms with Gasteiger partial charge < -0.3 is 9.64 Å². The van der Waals surface area contributed by atoms with Crippen LogP contribution in [0.15, 0.2) is 24.3 Å². The van der Waals surface area contributed by atoms with Crippen LogP contribution < -0.4 is 4.90 Å². The summed E-state index contributed by atoms with van der Waals surface area (Å²) < 4.78 is 17.7. The standard InChI is InChI=1S/C12H16FNO2/c1-3-16-12(15)7-8-14(2)11-6-4-5-10(13)9-11/h4-6,9H,3,7-8H2,1-2H3. The molecular weight excluding hydrogens is 209 g/mol. The van der Waals surface area contributed by atoms with Gasteiger partial charge in [0.05, 0.1) is 13.0 Å². The minimum atomic E-state index is -0.277. The molecule has 16 heavy (non-hydrogen) atoms. The molecule has 0 aliphatic rings. The Bertz CT molecular complexity index is 355. The van der Waals surface area contributed by atoms with E-state index in [1.807, 2.05) is 11.9 Å². The second-order valence-electron chi connectivity index (χ2n) is 3.46. The maximum absolute atomic E-state index is 12.9. The molecule has 1 aromatic rings. The van der Waals surface area contributed by atoms with Crippen molar-refractivity contribution in [2.24, 2.45) is 0 Å². The van der Waals surface area contributed by atoms with Gasteiger partial charge in [-0.05, 0) is 25.1 Å². The molecule has 0 aliphatic carbocycles. The number of anilines is 1. The molecule has 0 aromatic heterocycles. The minimum Gasteiger partial charge on any atom is -0.466 e. The molecule has 88 valence electrons. The topological polar surface area (TPSA) is 29.5 Å². The molecule has 1 aromatic carbocycles. The average molecular weight is 225 g/mol. The summed E-state index contributed by atoms with van der Waals surface area (Å²) in [7, 11) is 1.81. The third-order valence-corrected chi connectivity index (χ3v) is 2.21. The first kappa shape index (κ1) is 12.5. The number of nitrogens with zero attached hydrogens (tertiary/aromatic N) is 1. The Hall–Kier alpha value is -1.58. The van der Waals surface area contributed by atoms with E-state index in [0.29, 0.717) is 19.6 Å². The Labute approximate surface area is 94.8 Å². The highest BCUT2D eigenvalue weighted by Crippen LogP contribution is 2.13. The number of rotatable bonds is 5. The number of halogens is 1. The average Bonchev–Trinajstić information content (AvgIpc) is 2.26. The fourth-order valence-electron chi connectivity index (χ4n) is 1.33. The van der Waals surface area contributed by atoms with Crippen LogP contribution in [0, 0.1) is 5.82 Å². The van der Waals surface area contributed by atoms with Crippen LogP contribution in [0.25, 0.3) is 0 Å². The normalized spacial score (nSPS) is 9.94. The summed E-state index contributed by atoms with van der Waals surface area (Å²) in [4.78, 5) is 12.9. The van der Waals surface area contributed by atoms with Crippen molar-refractivity contribution in [2.75, 3.05) is 25.1 Å². The van der Waals surface area contributed by atoms with Gasteiger partial charge in [-0.1, -0.05) is 6.07 Å². The van der Waals surface area contributed by atoms with E-state index < -0.39 is 0 Å². The molecule has 0 amide bonds. The molecule has 1 rings (SSSR count). The van der Waals surface area contributed by atoms with Crippen LogP contribution in [0.3, 0.4) is 0 Å². The van der Waals surface area contributed by atoms with E-state index in [4.69, 9.17) is 4.74 Å². The lowest BCUT2D eigenvalue weighted by Gasteiger charge is -2.18. The van der Waals surface area contributed by atoms with Gasteiger partial charge in [-0.3, -0.25) is 4.79 Å². The zero-order valence-corrected chi connectivity index (χ0v) is 9.57. The highest BCUT2D eigenvalue weighted by molar-refractivity contribution is 5.70. The Balaban J connectivity index is 2.46. The molecule has 0 radical (unpaired) electrons. The van der Waals surface area contributed by atoms with Crippen LogP contribution >= 0.6 is 0 Å². The summed E-state index contributed by atoms with van der Waals surface area (Å²) in [6.45, 7) is 2.68. The summed E-state index contributed by atoms with van der Waals surface area (Å²) in [6, 6.07) is 6.27. The molecule has 0 spiro atoms. The van der Waals surface area contributed by atoms with E-state index in [2.05, 4.69) is 0 Å². The number of ether oxygens (including phenoxy) is 1. The smallest absolute Gasteiger partial charge is 0.307 e. The van der Waals surface area contributed by atoms with Gasteiger partial charge in [0.1, 0.15) is 5.82 Å². The number of benzene rings is 1. The van der Waals surface area contributed by atoms with Gasteiger partial charge in [-0.2, -0.15) is 0 Å². The van der Waals surface area contributed by atoms with Crippen molar-refractivity contribution >= 4 is 11.7 Å². The number of carbonyl (C=O) groups is 1. The van der Waals surface area contributed by atoms with Crippen LogP contribution in [-0.2, 0) is 9.53 Å². The van der Waals surface area contributed by atoms with Crippen molar-refractivity contribution in [1.82, 2.24) is 0 Å². The molecule has 0 aliphatic heterocycles. The van der Waals surface area contributed by atoms with Crippen molar-refractivity contribution in [2.45, 2.75) is 13.3 Å². The Morgan fingerprint density at radius 3 is 2.88 bits per heavy atom. The first-order valence-corrected chi connectivity index (χ1v) is 5.25. The summed E-state index contributed by atoms with van der Waals surface area (Å²) in [5, 5.41) is 0. The zero-order chi connectivity index (χ0) is 12.0. The summed E-state index contributed by atoms with van der Waals surface area (Å²) in [5.74, 6) is -0.508. The quantitative estimate of drug-likeness (QED) is 0.719. The second-order valence-corrected chi connectivity index (χ2v) is 3.46. The van der Waals surface area contributed by atoms with Gasteiger partial charge in [0.25, 0.3) is 0 Å². The molecular formula is C12H16FNO2. The summed E-state index contributed by atoms with van der Waals surface area (Å²) >= 11 is 0. The molecule has 0 heterocycles. The van der Waals surface area contributed by atoms with E-state index in [1.54, 1.807) is 19.1 Å². The number of hydrogen-bond acceptors (Lipinski definition) is 3. The first-order chi connectivity index (χ1) is 7.63.